The van der Waals surface area contributed by atoms with Crippen molar-refractivity contribution >= 4 is 27.5 Å². The van der Waals surface area contributed by atoms with Crippen LogP contribution in [0.3, 0.4) is 0 Å². The summed E-state index contributed by atoms with van der Waals surface area (Å²) in [6.45, 7) is 4.16. The second kappa shape index (κ2) is 5.90. The van der Waals surface area contributed by atoms with E-state index in [9.17, 15) is 4.79 Å². The van der Waals surface area contributed by atoms with Gasteiger partial charge in [0.1, 0.15) is 0 Å². The van der Waals surface area contributed by atoms with Gasteiger partial charge in [-0.15, -0.1) is 0 Å². The van der Waals surface area contributed by atoms with Crippen molar-refractivity contribution in [2.24, 2.45) is 11.5 Å². The first-order valence-corrected chi connectivity index (χ1v) is 7.00. The summed E-state index contributed by atoms with van der Waals surface area (Å²) >= 11 is 3.37. The molecule has 4 N–H and O–H groups in total. The van der Waals surface area contributed by atoms with E-state index < -0.39 is 5.91 Å². The van der Waals surface area contributed by atoms with Crippen molar-refractivity contribution in [3.63, 3.8) is 0 Å². The summed E-state index contributed by atoms with van der Waals surface area (Å²) in [6, 6.07) is 5.53. The minimum Gasteiger partial charge on any atom is -0.373 e. The molecule has 5 nitrogen and oxygen atoms in total. The van der Waals surface area contributed by atoms with Crippen LogP contribution in [-0.4, -0.2) is 37.7 Å². The Bertz CT molecular complexity index is 479. The summed E-state index contributed by atoms with van der Waals surface area (Å²) in [5, 5.41) is 0. The third-order valence-electron chi connectivity index (χ3n) is 3.26. The number of rotatable bonds is 3. The minimum absolute atomic E-state index is 0.00358. The van der Waals surface area contributed by atoms with Gasteiger partial charge in [0, 0.05) is 29.3 Å². The van der Waals surface area contributed by atoms with Gasteiger partial charge in [-0.05, 0) is 41.1 Å². The predicted molar refractivity (Wildman–Crippen MR) is 78.3 cm³/mol. The largest absolute Gasteiger partial charge is 0.373 e. The van der Waals surface area contributed by atoms with Crippen molar-refractivity contribution in [3.8, 4) is 0 Å². The van der Waals surface area contributed by atoms with E-state index >= 15 is 0 Å². The Kier molecular flexibility index (Phi) is 4.44. The van der Waals surface area contributed by atoms with Crippen molar-refractivity contribution in [1.29, 1.82) is 0 Å². The molecular formula is C13H18BrN3O2. The van der Waals surface area contributed by atoms with Gasteiger partial charge in [0.15, 0.2) is 0 Å². The first-order chi connectivity index (χ1) is 8.99. The van der Waals surface area contributed by atoms with E-state index in [1.807, 2.05) is 19.1 Å². The van der Waals surface area contributed by atoms with Gasteiger partial charge in [-0.1, -0.05) is 0 Å². The quantitative estimate of drug-likeness (QED) is 0.871. The molecule has 104 valence electrons. The number of ether oxygens (including phenoxy) is 1. The molecule has 1 aromatic rings. The number of primary amides is 1. The SMILES string of the molecule is CC(N)C1CN(c2ccc(C(N)=O)c(Br)c2)CCO1. The summed E-state index contributed by atoms with van der Waals surface area (Å²) in [5.74, 6) is -0.436. The minimum atomic E-state index is -0.436. The Morgan fingerprint density at radius 2 is 2.32 bits per heavy atom. The van der Waals surface area contributed by atoms with Gasteiger partial charge in [0.05, 0.1) is 18.3 Å². The third kappa shape index (κ3) is 3.26. The number of anilines is 1. The molecule has 0 radical (unpaired) electrons. The average molecular weight is 328 g/mol. The summed E-state index contributed by atoms with van der Waals surface area (Å²) in [4.78, 5) is 13.4. The van der Waals surface area contributed by atoms with Gasteiger partial charge in [-0.25, -0.2) is 0 Å². The Hall–Kier alpha value is -1.11. The van der Waals surface area contributed by atoms with Crippen molar-refractivity contribution in [2.75, 3.05) is 24.6 Å². The van der Waals surface area contributed by atoms with E-state index in [2.05, 4.69) is 20.8 Å². The number of benzene rings is 1. The fourth-order valence-electron chi connectivity index (χ4n) is 2.13. The van der Waals surface area contributed by atoms with Crippen LogP contribution in [0.25, 0.3) is 0 Å². The van der Waals surface area contributed by atoms with E-state index in [0.717, 1.165) is 18.8 Å². The van der Waals surface area contributed by atoms with Crippen molar-refractivity contribution in [1.82, 2.24) is 0 Å². The van der Waals surface area contributed by atoms with Gasteiger partial charge >= 0.3 is 0 Å². The highest BCUT2D eigenvalue weighted by Crippen LogP contribution is 2.25. The highest BCUT2D eigenvalue weighted by molar-refractivity contribution is 9.10. The zero-order valence-electron chi connectivity index (χ0n) is 10.8. The van der Waals surface area contributed by atoms with Crippen LogP contribution in [0, 0.1) is 0 Å². The second-order valence-electron chi connectivity index (χ2n) is 4.74. The number of morpholine rings is 1. The number of hydrogen-bond donors (Lipinski definition) is 2. The zero-order valence-corrected chi connectivity index (χ0v) is 12.4. The summed E-state index contributed by atoms with van der Waals surface area (Å²) in [7, 11) is 0. The number of hydrogen-bond acceptors (Lipinski definition) is 4. The molecule has 1 aliphatic rings. The zero-order chi connectivity index (χ0) is 14.0. The molecule has 2 unspecified atom stereocenters. The van der Waals surface area contributed by atoms with Crippen LogP contribution >= 0.6 is 15.9 Å². The molecule has 0 saturated carbocycles. The number of halogens is 1. The molecule has 1 fully saturated rings. The van der Waals surface area contributed by atoms with Crippen molar-refractivity contribution in [3.05, 3.63) is 28.2 Å². The van der Waals surface area contributed by atoms with Crippen molar-refractivity contribution in [2.45, 2.75) is 19.1 Å². The lowest BCUT2D eigenvalue weighted by Gasteiger charge is -2.36. The summed E-state index contributed by atoms with van der Waals surface area (Å²) < 4.78 is 6.34. The fourth-order valence-corrected chi connectivity index (χ4v) is 2.69. The van der Waals surface area contributed by atoms with Crippen molar-refractivity contribution < 1.29 is 9.53 Å². The van der Waals surface area contributed by atoms with Crippen LogP contribution < -0.4 is 16.4 Å². The lowest BCUT2D eigenvalue weighted by molar-refractivity contribution is 0.0276. The van der Waals surface area contributed by atoms with Gasteiger partial charge in [-0.2, -0.15) is 0 Å². The standard InChI is InChI=1S/C13H18BrN3O2/c1-8(15)12-7-17(4-5-19-12)9-2-3-10(13(16)18)11(14)6-9/h2-3,6,8,12H,4-5,7,15H2,1H3,(H2,16,18). The fraction of sp³-hybridized carbons (Fsp3) is 0.462. The topological polar surface area (TPSA) is 81.6 Å². The summed E-state index contributed by atoms with van der Waals surface area (Å²) in [6.07, 6.45) is 0.0309. The van der Waals surface area contributed by atoms with Crippen LogP contribution in [0.1, 0.15) is 17.3 Å². The van der Waals surface area contributed by atoms with Crippen LogP contribution in [0.2, 0.25) is 0 Å². The third-order valence-corrected chi connectivity index (χ3v) is 3.92. The lowest BCUT2D eigenvalue weighted by atomic mass is 10.1. The van der Waals surface area contributed by atoms with Gasteiger partial charge < -0.3 is 21.1 Å². The molecule has 1 aliphatic heterocycles. The number of carbonyl (C=O) groups excluding carboxylic acids is 1. The molecule has 0 aromatic heterocycles. The molecule has 1 amide bonds. The van der Waals surface area contributed by atoms with Gasteiger partial charge in [0.25, 0.3) is 0 Å². The maximum Gasteiger partial charge on any atom is 0.249 e. The van der Waals surface area contributed by atoms with Crippen LogP contribution in [0.5, 0.6) is 0 Å². The Balaban J connectivity index is 2.18. The van der Waals surface area contributed by atoms with E-state index in [0.29, 0.717) is 16.6 Å². The normalized spacial score (nSPS) is 21.2. The number of amides is 1. The highest BCUT2D eigenvalue weighted by Gasteiger charge is 2.24. The van der Waals surface area contributed by atoms with Gasteiger partial charge in [-0.3, -0.25) is 4.79 Å². The Labute approximate surface area is 121 Å². The Morgan fingerprint density at radius 3 is 2.89 bits per heavy atom. The predicted octanol–water partition coefficient (Wildman–Crippen LogP) is 1.10. The number of nitrogens with two attached hydrogens (primary N) is 2. The number of carbonyl (C=O) groups is 1. The van der Waals surface area contributed by atoms with Crippen LogP contribution in [0.4, 0.5) is 5.69 Å². The van der Waals surface area contributed by atoms with Gasteiger partial charge in [0.2, 0.25) is 5.91 Å². The smallest absolute Gasteiger partial charge is 0.249 e. The van der Waals surface area contributed by atoms with E-state index in [4.69, 9.17) is 16.2 Å². The maximum atomic E-state index is 11.2. The van der Waals surface area contributed by atoms with Crippen LogP contribution in [-0.2, 0) is 4.74 Å². The molecule has 19 heavy (non-hydrogen) atoms. The first kappa shape index (κ1) is 14.3. The first-order valence-electron chi connectivity index (χ1n) is 6.20. The molecule has 0 spiro atoms. The lowest BCUT2D eigenvalue weighted by Crippen LogP contribution is -2.49. The highest BCUT2D eigenvalue weighted by atomic mass is 79.9. The molecule has 1 heterocycles. The second-order valence-corrected chi connectivity index (χ2v) is 5.60. The van der Waals surface area contributed by atoms with E-state index in [1.54, 1.807) is 6.07 Å². The molecular weight excluding hydrogens is 310 g/mol. The molecule has 1 aromatic carbocycles. The van der Waals surface area contributed by atoms with Crippen LogP contribution in [0.15, 0.2) is 22.7 Å². The molecule has 2 rings (SSSR count). The summed E-state index contributed by atoms with van der Waals surface area (Å²) in [5.41, 5.74) is 12.7. The molecule has 6 heteroatoms. The average Bonchev–Trinajstić information content (AvgIpc) is 2.38. The molecule has 0 bridgehead atoms. The van der Waals surface area contributed by atoms with E-state index in [-0.39, 0.29) is 12.1 Å². The molecule has 1 saturated heterocycles. The molecule has 0 aliphatic carbocycles. The monoisotopic (exact) mass is 327 g/mol. The maximum absolute atomic E-state index is 11.2. The van der Waals surface area contributed by atoms with E-state index in [1.165, 1.54) is 0 Å². The number of nitrogens with zero attached hydrogens (tertiary/aromatic N) is 1. The molecule has 2 atom stereocenters. The Morgan fingerprint density at radius 1 is 1.58 bits per heavy atom.